The molecule has 0 aromatic rings. The lowest BCUT2D eigenvalue weighted by Gasteiger charge is -2.40. The number of alkyl halides is 1. The SMILES string of the molecule is COC12C(CO)C3=C(C(=O)C(C)=C(NCCCl)C3=O)N1CC1C2N1C. The number of methoxy groups -OCH3 is 1. The van der Waals surface area contributed by atoms with Crippen LogP contribution in [0.5, 0.6) is 0 Å². The minimum absolute atomic E-state index is 0.0698. The van der Waals surface area contributed by atoms with Gasteiger partial charge in [-0.25, -0.2) is 0 Å². The van der Waals surface area contributed by atoms with Gasteiger partial charge in [0.1, 0.15) is 0 Å². The number of fused-ring (bicyclic) bond motifs is 4. The molecule has 0 aromatic carbocycles. The lowest BCUT2D eigenvalue weighted by Crippen LogP contribution is -2.55. The van der Waals surface area contributed by atoms with E-state index >= 15 is 0 Å². The highest BCUT2D eigenvalue weighted by Crippen LogP contribution is 2.58. The second-order valence-electron chi connectivity index (χ2n) is 7.02. The van der Waals surface area contributed by atoms with Crippen LogP contribution in [0.4, 0.5) is 0 Å². The van der Waals surface area contributed by atoms with E-state index in [4.69, 9.17) is 16.3 Å². The zero-order chi connectivity index (χ0) is 18.1. The molecule has 0 aromatic heterocycles. The summed E-state index contributed by atoms with van der Waals surface area (Å²) in [5.41, 5.74) is 0.602. The van der Waals surface area contributed by atoms with Gasteiger partial charge < -0.3 is 20.1 Å². The molecule has 2 N–H and O–H groups in total. The summed E-state index contributed by atoms with van der Waals surface area (Å²) < 4.78 is 5.91. The zero-order valence-electron chi connectivity index (χ0n) is 14.5. The molecule has 136 valence electrons. The Kier molecular flexibility index (Phi) is 3.77. The highest BCUT2D eigenvalue weighted by atomic mass is 35.5. The van der Waals surface area contributed by atoms with Crippen molar-refractivity contribution in [2.45, 2.75) is 24.7 Å². The van der Waals surface area contributed by atoms with E-state index in [1.807, 2.05) is 11.9 Å². The van der Waals surface area contributed by atoms with Gasteiger partial charge in [0.25, 0.3) is 0 Å². The van der Waals surface area contributed by atoms with Crippen molar-refractivity contribution < 1.29 is 19.4 Å². The molecule has 3 aliphatic heterocycles. The third-order valence-corrected chi connectivity index (χ3v) is 6.32. The fourth-order valence-corrected chi connectivity index (χ4v) is 5.05. The van der Waals surface area contributed by atoms with Crippen LogP contribution in [0, 0.1) is 5.92 Å². The standard InChI is InChI=1S/C17H22ClN3O4/c1-8-12(19-5-4-18)15(24)11-9(7-22)17(25-3)16-10(20(16)2)6-21(17)13(11)14(8)23/h9-10,16,19,22H,4-7H2,1-3H3. The second-order valence-corrected chi connectivity index (χ2v) is 7.39. The van der Waals surface area contributed by atoms with Crippen molar-refractivity contribution >= 4 is 23.2 Å². The van der Waals surface area contributed by atoms with Crippen LogP contribution in [-0.2, 0) is 14.3 Å². The summed E-state index contributed by atoms with van der Waals surface area (Å²) in [7, 11) is 3.59. The van der Waals surface area contributed by atoms with Gasteiger partial charge in [-0.05, 0) is 14.0 Å². The topological polar surface area (TPSA) is 81.9 Å². The van der Waals surface area contributed by atoms with Crippen molar-refractivity contribution in [3.63, 3.8) is 0 Å². The van der Waals surface area contributed by atoms with Crippen molar-refractivity contribution in [2.75, 3.05) is 39.7 Å². The van der Waals surface area contributed by atoms with Gasteiger partial charge >= 0.3 is 0 Å². The number of nitrogens with one attached hydrogen (secondary N) is 1. The molecule has 0 bridgehead atoms. The van der Waals surface area contributed by atoms with Crippen molar-refractivity contribution in [1.29, 1.82) is 0 Å². The first-order valence-corrected chi connectivity index (χ1v) is 8.99. The number of carbonyl (C=O) groups is 2. The predicted octanol–water partition coefficient (Wildman–Crippen LogP) is -0.542. The average Bonchev–Trinajstić information content (AvgIpc) is 3.00. The monoisotopic (exact) mass is 367 g/mol. The molecule has 5 unspecified atom stereocenters. The van der Waals surface area contributed by atoms with Crippen LogP contribution in [0.1, 0.15) is 6.92 Å². The minimum Gasteiger partial charge on any atom is -0.396 e. The molecule has 4 rings (SSSR count). The van der Waals surface area contributed by atoms with Crippen molar-refractivity contribution in [2.24, 2.45) is 5.92 Å². The number of hydrogen-bond donors (Lipinski definition) is 2. The summed E-state index contributed by atoms with van der Waals surface area (Å²) in [4.78, 5) is 30.3. The van der Waals surface area contributed by atoms with Gasteiger partial charge in [-0.3, -0.25) is 14.5 Å². The molecular weight excluding hydrogens is 346 g/mol. The Balaban J connectivity index is 1.81. The van der Waals surface area contributed by atoms with E-state index in [0.717, 1.165) is 0 Å². The van der Waals surface area contributed by atoms with Gasteiger partial charge in [-0.2, -0.15) is 0 Å². The molecule has 2 fully saturated rings. The number of aliphatic hydroxyl groups is 1. The first-order valence-electron chi connectivity index (χ1n) is 8.45. The number of allylic oxidation sites excluding steroid dienone is 2. The maximum absolute atomic E-state index is 13.1. The van der Waals surface area contributed by atoms with Gasteiger partial charge in [0.2, 0.25) is 11.6 Å². The Labute approximate surface area is 151 Å². The molecule has 25 heavy (non-hydrogen) atoms. The number of piperazine rings is 1. The number of likely N-dealkylation sites (N-methyl/N-ethyl adjacent to an activating group) is 1. The summed E-state index contributed by atoms with van der Waals surface area (Å²) in [6, 6.07) is 0.353. The van der Waals surface area contributed by atoms with E-state index in [1.165, 1.54) is 0 Å². The quantitative estimate of drug-likeness (QED) is 0.383. The Morgan fingerprint density at radius 2 is 2.12 bits per heavy atom. The summed E-state index contributed by atoms with van der Waals surface area (Å²) >= 11 is 5.72. The summed E-state index contributed by atoms with van der Waals surface area (Å²) in [5, 5.41) is 13.1. The number of halogens is 1. The molecule has 5 atom stereocenters. The van der Waals surface area contributed by atoms with E-state index in [2.05, 4.69) is 10.2 Å². The average molecular weight is 368 g/mol. The highest BCUT2D eigenvalue weighted by Gasteiger charge is 2.74. The maximum atomic E-state index is 13.1. The van der Waals surface area contributed by atoms with Gasteiger partial charge in [0.15, 0.2) is 5.72 Å². The number of ether oxygens (including phenoxy) is 1. The first kappa shape index (κ1) is 17.0. The fourth-order valence-electron chi connectivity index (χ4n) is 4.95. The number of rotatable bonds is 5. The Morgan fingerprint density at radius 3 is 2.72 bits per heavy atom. The van der Waals surface area contributed by atoms with E-state index in [1.54, 1.807) is 14.0 Å². The van der Waals surface area contributed by atoms with Crippen LogP contribution < -0.4 is 5.32 Å². The van der Waals surface area contributed by atoms with Crippen LogP contribution in [0.2, 0.25) is 0 Å². The molecule has 3 heterocycles. The summed E-state index contributed by atoms with van der Waals surface area (Å²) in [5.74, 6) is -0.629. The van der Waals surface area contributed by atoms with Gasteiger partial charge in [-0.15, -0.1) is 11.6 Å². The van der Waals surface area contributed by atoms with Crippen LogP contribution in [0.15, 0.2) is 22.5 Å². The summed E-state index contributed by atoms with van der Waals surface area (Å²) in [6.07, 6.45) is 0. The molecule has 1 aliphatic carbocycles. The largest absolute Gasteiger partial charge is 0.396 e. The van der Waals surface area contributed by atoms with Crippen molar-refractivity contribution in [1.82, 2.24) is 15.1 Å². The molecule has 7 nitrogen and oxygen atoms in total. The van der Waals surface area contributed by atoms with E-state index in [9.17, 15) is 14.7 Å². The lowest BCUT2D eigenvalue weighted by atomic mass is 9.82. The van der Waals surface area contributed by atoms with Gasteiger partial charge in [0, 0.05) is 43.3 Å². The van der Waals surface area contributed by atoms with Crippen molar-refractivity contribution in [3.8, 4) is 0 Å². The molecule has 8 heteroatoms. The van der Waals surface area contributed by atoms with Gasteiger partial charge in [-0.1, -0.05) is 0 Å². The fraction of sp³-hybridized carbons (Fsp3) is 0.647. The normalized spacial score (nSPS) is 39.0. The number of nitrogens with zero attached hydrogens (tertiary/aromatic N) is 2. The van der Waals surface area contributed by atoms with E-state index in [-0.39, 0.29) is 36.0 Å². The second kappa shape index (κ2) is 5.54. The molecule has 0 amide bonds. The Hall–Kier alpha value is -1.41. The van der Waals surface area contributed by atoms with Crippen LogP contribution in [0.3, 0.4) is 0 Å². The molecular formula is C17H22ClN3O4. The van der Waals surface area contributed by atoms with Gasteiger partial charge in [0.05, 0.1) is 30.0 Å². The number of ketones is 2. The maximum Gasteiger partial charge on any atom is 0.208 e. The molecule has 0 saturated carbocycles. The third kappa shape index (κ3) is 1.87. The number of Topliss-reactive ketones (excluding diaryl/α,β-unsaturated/α-hetero) is 2. The predicted molar refractivity (Wildman–Crippen MR) is 90.8 cm³/mol. The Morgan fingerprint density at radius 1 is 1.40 bits per heavy atom. The van der Waals surface area contributed by atoms with Crippen molar-refractivity contribution in [3.05, 3.63) is 22.5 Å². The van der Waals surface area contributed by atoms with Crippen LogP contribution in [-0.4, -0.2) is 84.0 Å². The third-order valence-electron chi connectivity index (χ3n) is 6.13. The Bertz CT molecular complexity index is 733. The highest BCUT2D eigenvalue weighted by molar-refractivity contribution is 6.25. The number of carbonyl (C=O) groups excluding carboxylic acids is 2. The molecule has 0 spiro atoms. The summed E-state index contributed by atoms with van der Waals surface area (Å²) in [6.45, 7) is 2.43. The van der Waals surface area contributed by atoms with Crippen LogP contribution >= 0.6 is 11.6 Å². The molecule has 0 radical (unpaired) electrons. The lowest BCUT2D eigenvalue weighted by molar-refractivity contribution is -0.144. The molecule has 4 aliphatic rings. The van der Waals surface area contributed by atoms with E-state index < -0.39 is 11.6 Å². The number of aliphatic hydroxyl groups excluding tert-OH is 1. The number of hydrogen-bond acceptors (Lipinski definition) is 7. The van der Waals surface area contributed by atoms with E-state index in [0.29, 0.717) is 35.8 Å². The minimum atomic E-state index is -0.855. The van der Waals surface area contributed by atoms with Crippen LogP contribution in [0.25, 0.3) is 0 Å². The smallest absolute Gasteiger partial charge is 0.208 e. The first-order chi connectivity index (χ1) is 11.9. The molecule has 2 saturated heterocycles. The zero-order valence-corrected chi connectivity index (χ0v) is 15.3.